The SMILES string of the molecule is CC1CCCN(c2ccc(NC(=O)c3cccc(F)c3)nc2)C1. The maximum atomic E-state index is 13.2. The van der Waals surface area contributed by atoms with Gasteiger partial charge in [0.25, 0.3) is 5.91 Å². The Morgan fingerprint density at radius 2 is 2.22 bits per heavy atom. The van der Waals surface area contributed by atoms with E-state index in [1.54, 1.807) is 18.3 Å². The number of piperidine rings is 1. The Balaban J connectivity index is 1.66. The van der Waals surface area contributed by atoms with Crippen LogP contribution in [0.3, 0.4) is 0 Å². The number of pyridine rings is 1. The second-order valence-corrected chi connectivity index (χ2v) is 6.06. The van der Waals surface area contributed by atoms with Crippen molar-refractivity contribution in [2.24, 2.45) is 5.92 Å². The quantitative estimate of drug-likeness (QED) is 0.939. The fraction of sp³-hybridized carbons (Fsp3) is 0.333. The van der Waals surface area contributed by atoms with Crippen LogP contribution in [0.25, 0.3) is 0 Å². The minimum atomic E-state index is -0.430. The van der Waals surface area contributed by atoms with Crippen LogP contribution in [0.2, 0.25) is 0 Å². The Morgan fingerprint density at radius 1 is 1.35 bits per heavy atom. The average molecular weight is 313 g/mol. The second-order valence-electron chi connectivity index (χ2n) is 6.06. The molecule has 23 heavy (non-hydrogen) atoms. The number of carbonyl (C=O) groups is 1. The van der Waals surface area contributed by atoms with Crippen LogP contribution in [0, 0.1) is 11.7 Å². The van der Waals surface area contributed by atoms with Crippen molar-refractivity contribution in [2.45, 2.75) is 19.8 Å². The van der Waals surface area contributed by atoms with Gasteiger partial charge in [-0.15, -0.1) is 0 Å². The molecule has 1 aromatic heterocycles. The molecule has 2 aromatic rings. The number of rotatable bonds is 3. The summed E-state index contributed by atoms with van der Waals surface area (Å²) >= 11 is 0. The number of nitrogens with one attached hydrogen (secondary N) is 1. The average Bonchev–Trinajstić information content (AvgIpc) is 2.55. The smallest absolute Gasteiger partial charge is 0.256 e. The molecular weight excluding hydrogens is 293 g/mol. The Hall–Kier alpha value is -2.43. The van der Waals surface area contributed by atoms with Gasteiger partial charge in [-0.1, -0.05) is 13.0 Å². The molecule has 1 unspecified atom stereocenters. The molecule has 0 saturated carbocycles. The first-order valence-corrected chi connectivity index (χ1v) is 7.90. The van der Waals surface area contributed by atoms with Crippen molar-refractivity contribution in [1.29, 1.82) is 0 Å². The van der Waals surface area contributed by atoms with E-state index in [2.05, 4.69) is 22.1 Å². The van der Waals surface area contributed by atoms with Crippen LogP contribution in [0.5, 0.6) is 0 Å². The van der Waals surface area contributed by atoms with E-state index in [-0.39, 0.29) is 11.5 Å². The zero-order chi connectivity index (χ0) is 16.2. The molecule has 1 amide bonds. The predicted molar refractivity (Wildman–Crippen MR) is 89.2 cm³/mol. The topological polar surface area (TPSA) is 45.2 Å². The Kier molecular flexibility index (Phi) is 4.55. The normalized spacial score (nSPS) is 17.8. The van der Waals surface area contributed by atoms with E-state index in [9.17, 15) is 9.18 Å². The molecule has 0 bridgehead atoms. The highest BCUT2D eigenvalue weighted by Gasteiger charge is 2.17. The first kappa shape index (κ1) is 15.5. The molecule has 0 aliphatic carbocycles. The summed E-state index contributed by atoms with van der Waals surface area (Å²) in [4.78, 5) is 18.7. The number of benzene rings is 1. The van der Waals surface area contributed by atoms with Gasteiger partial charge in [0.15, 0.2) is 0 Å². The molecular formula is C18H20FN3O. The van der Waals surface area contributed by atoms with Crippen LogP contribution in [0.15, 0.2) is 42.6 Å². The molecule has 1 fully saturated rings. The highest BCUT2D eigenvalue weighted by molar-refractivity contribution is 6.03. The standard InChI is InChI=1S/C18H20FN3O/c1-13-4-3-9-22(12-13)16-7-8-17(20-11-16)21-18(23)14-5-2-6-15(19)10-14/h2,5-8,10-11,13H,3-4,9,12H2,1H3,(H,20,21,23). The largest absolute Gasteiger partial charge is 0.370 e. The van der Waals surface area contributed by atoms with Crippen molar-refractivity contribution in [3.05, 3.63) is 54.0 Å². The summed E-state index contributed by atoms with van der Waals surface area (Å²) < 4.78 is 13.2. The number of carbonyl (C=O) groups excluding carboxylic acids is 1. The third-order valence-corrected chi connectivity index (χ3v) is 4.10. The number of hydrogen-bond donors (Lipinski definition) is 1. The van der Waals surface area contributed by atoms with Crippen LogP contribution in [0.4, 0.5) is 15.9 Å². The zero-order valence-electron chi connectivity index (χ0n) is 13.1. The van der Waals surface area contributed by atoms with Gasteiger partial charge in [-0.2, -0.15) is 0 Å². The monoisotopic (exact) mass is 313 g/mol. The number of halogens is 1. The summed E-state index contributed by atoms with van der Waals surface area (Å²) in [6.45, 7) is 4.34. The molecule has 1 aromatic carbocycles. The van der Waals surface area contributed by atoms with Gasteiger partial charge in [-0.25, -0.2) is 9.37 Å². The molecule has 0 radical (unpaired) electrons. The van der Waals surface area contributed by atoms with Gasteiger partial charge in [-0.05, 0) is 49.1 Å². The minimum Gasteiger partial charge on any atom is -0.370 e. The first-order chi connectivity index (χ1) is 11.1. The lowest BCUT2D eigenvalue weighted by atomic mass is 10.00. The van der Waals surface area contributed by atoms with Crippen molar-refractivity contribution >= 4 is 17.4 Å². The van der Waals surface area contributed by atoms with Crippen molar-refractivity contribution in [3.8, 4) is 0 Å². The lowest BCUT2D eigenvalue weighted by Crippen LogP contribution is -2.34. The number of amides is 1. The molecule has 1 aliphatic rings. The van der Waals surface area contributed by atoms with Gasteiger partial charge in [0, 0.05) is 18.7 Å². The van der Waals surface area contributed by atoms with Gasteiger partial charge in [-0.3, -0.25) is 4.79 Å². The molecule has 2 heterocycles. The Bertz CT molecular complexity index is 687. The molecule has 0 spiro atoms. The molecule has 1 saturated heterocycles. The second kappa shape index (κ2) is 6.77. The third-order valence-electron chi connectivity index (χ3n) is 4.10. The lowest BCUT2D eigenvalue weighted by molar-refractivity contribution is 0.102. The van der Waals surface area contributed by atoms with Gasteiger partial charge < -0.3 is 10.2 Å². The third kappa shape index (κ3) is 3.86. The van der Waals surface area contributed by atoms with Crippen LogP contribution in [-0.2, 0) is 0 Å². The number of nitrogens with zero attached hydrogens (tertiary/aromatic N) is 2. The van der Waals surface area contributed by atoms with Crippen LogP contribution in [0.1, 0.15) is 30.1 Å². The first-order valence-electron chi connectivity index (χ1n) is 7.90. The number of anilines is 2. The van der Waals surface area contributed by atoms with E-state index in [0.29, 0.717) is 11.7 Å². The van der Waals surface area contributed by atoms with Gasteiger partial charge >= 0.3 is 0 Å². The Morgan fingerprint density at radius 3 is 2.91 bits per heavy atom. The molecule has 120 valence electrons. The van der Waals surface area contributed by atoms with Gasteiger partial charge in [0.1, 0.15) is 11.6 Å². The maximum absolute atomic E-state index is 13.2. The van der Waals surface area contributed by atoms with Crippen LogP contribution in [-0.4, -0.2) is 24.0 Å². The molecule has 4 nitrogen and oxygen atoms in total. The van der Waals surface area contributed by atoms with Crippen LogP contribution < -0.4 is 10.2 Å². The lowest BCUT2D eigenvalue weighted by Gasteiger charge is -2.32. The fourth-order valence-electron chi connectivity index (χ4n) is 2.89. The molecule has 3 rings (SSSR count). The van der Waals surface area contributed by atoms with E-state index in [1.807, 2.05) is 6.07 Å². The number of hydrogen-bond acceptors (Lipinski definition) is 3. The van der Waals surface area contributed by atoms with Crippen molar-refractivity contribution < 1.29 is 9.18 Å². The summed E-state index contributed by atoms with van der Waals surface area (Å²) in [6.07, 6.45) is 4.24. The van der Waals surface area contributed by atoms with Gasteiger partial charge in [0.05, 0.1) is 11.9 Å². The van der Waals surface area contributed by atoms with E-state index >= 15 is 0 Å². The molecule has 1 N–H and O–H groups in total. The fourth-order valence-corrected chi connectivity index (χ4v) is 2.89. The predicted octanol–water partition coefficient (Wildman–Crippen LogP) is 3.71. The molecule has 5 heteroatoms. The van der Waals surface area contributed by atoms with Gasteiger partial charge in [0.2, 0.25) is 0 Å². The summed E-state index contributed by atoms with van der Waals surface area (Å²) in [6, 6.07) is 9.35. The number of aromatic nitrogens is 1. The minimum absolute atomic E-state index is 0.278. The Labute approximate surface area is 135 Å². The van der Waals surface area contributed by atoms with E-state index in [4.69, 9.17) is 0 Å². The summed E-state index contributed by atoms with van der Waals surface area (Å²) in [7, 11) is 0. The van der Waals surface area contributed by atoms with E-state index in [1.165, 1.54) is 31.0 Å². The van der Waals surface area contributed by atoms with Crippen molar-refractivity contribution in [3.63, 3.8) is 0 Å². The summed E-state index contributed by atoms with van der Waals surface area (Å²) in [5, 5.41) is 2.69. The summed E-state index contributed by atoms with van der Waals surface area (Å²) in [5.41, 5.74) is 1.35. The van der Waals surface area contributed by atoms with Crippen molar-refractivity contribution in [2.75, 3.05) is 23.3 Å². The van der Waals surface area contributed by atoms with E-state index < -0.39 is 5.82 Å². The van der Waals surface area contributed by atoms with Crippen LogP contribution >= 0.6 is 0 Å². The summed E-state index contributed by atoms with van der Waals surface area (Å²) in [5.74, 6) is 0.362. The maximum Gasteiger partial charge on any atom is 0.256 e. The zero-order valence-corrected chi connectivity index (χ0v) is 13.1. The highest BCUT2D eigenvalue weighted by atomic mass is 19.1. The molecule has 1 atom stereocenters. The highest BCUT2D eigenvalue weighted by Crippen LogP contribution is 2.23. The van der Waals surface area contributed by atoms with E-state index in [0.717, 1.165) is 18.8 Å². The van der Waals surface area contributed by atoms with Crippen molar-refractivity contribution in [1.82, 2.24) is 4.98 Å². The molecule has 1 aliphatic heterocycles.